The van der Waals surface area contributed by atoms with Gasteiger partial charge in [-0.2, -0.15) is 0 Å². The van der Waals surface area contributed by atoms with E-state index in [0.29, 0.717) is 6.54 Å². The van der Waals surface area contributed by atoms with E-state index in [0.717, 1.165) is 24.9 Å². The van der Waals surface area contributed by atoms with Gasteiger partial charge >= 0.3 is 0 Å². The van der Waals surface area contributed by atoms with Crippen LogP contribution in [0.5, 0.6) is 0 Å². The molecule has 5 heteroatoms. The maximum absolute atomic E-state index is 12.8. The highest BCUT2D eigenvalue weighted by atomic mass is 16.2. The first kappa shape index (κ1) is 14.0. The lowest BCUT2D eigenvalue weighted by atomic mass is 9.95. The van der Waals surface area contributed by atoms with E-state index in [1.807, 2.05) is 26.0 Å². The Bertz CT molecular complexity index is 544. The van der Waals surface area contributed by atoms with Gasteiger partial charge in [-0.05, 0) is 30.4 Å². The molecule has 0 bridgehead atoms. The van der Waals surface area contributed by atoms with Crippen molar-refractivity contribution in [2.24, 2.45) is 5.92 Å². The molecule has 0 aliphatic carbocycles. The van der Waals surface area contributed by atoms with Crippen LogP contribution in [0.4, 0.5) is 0 Å². The van der Waals surface area contributed by atoms with Crippen molar-refractivity contribution in [1.29, 1.82) is 0 Å². The maximum Gasteiger partial charge on any atom is 0.246 e. The van der Waals surface area contributed by atoms with E-state index in [4.69, 9.17) is 0 Å². The third kappa shape index (κ3) is 2.41. The lowest BCUT2D eigenvalue weighted by Crippen LogP contribution is -2.63. The second kappa shape index (κ2) is 5.47. The molecule has 0 radical (unpaired) electrons. The van der Waals surface area contributed by atoms with Gasteiger partial charge in [0, 0.05) is 25.5 Å². The Kier molecular flexibility index (Phi) is 3.66. The standard InChI is InChI=1S/C16H21N3O2/c1-11(2)14-16(21)18-8-4-6-13(18)15(20)19(14)10-12-5-3-7-17-9-12/h3,5,7,9,11,13-14H,4,6,8,10H2,1-2H3. The van der Waals surface area contributed by atoms with Gasteiger partial charge in [-0.25, -0.2) is 0 Å². The van der Waals surface area contributed by atoms with E-state index in [2.05, 4.69) is 4.98 Å². The molecule has 5 nitrogen and oxygen atoms in total. The van der Waals surface area contributed by atoms with Crippen molar-refractivity contribution < 1.29 is 9.59 Å². The summed E-state index contributed by atoms with van der Waals surface area (Å²) in [7, 11) is 0. The number of carbonyl (C=O) groups is 2. The predicted octanol–water partition coefficient (Wildman–Crippen LogP) is 1.44. The number of aromatic nitrogens is 1. The molecule has 2 amide bonds. The average molecular weight is 287 g/mol. The van der Waals surface area contributed by atoms with Crippen LogP contribution in [0.1, 0.15) is 32.3 Å². The zero-order chi connectivity index (χ0) is 15.0. The minimum Gasteiger partial charge on any atom is -0.329 e. The van der Waals surface area contributed by atoms with Gasteiger partial charge in [-0.1, -0.05) is 19.9 Å². The van der Waals surface area contributed by atoms with Crippen molar-refractivity contribution in [2.75, 3.05) is 6.54 Å². The number of carbonyl (C=O) groups excluding carboxylic acids is 2. The zero-order valence-electron chi connectivity index (χ0n) is 12.5. The molecule has 2 aliphatic rings. The Labute approximate surface area is 124 Å². The lowest BCUT2D eigenvalue weighted by molar-refractivity contribution is -0.162. The first-order valence-electron chi connectivity index (χ1n) is 7.59. The molecule has 0 N–H and O–H groups in total. The van der Waals surface area contributed by atoms with Gasteiger partial charge in [0.1, 0.15) is 12.1 Å². The molecule has 2 unspecified atom stereocenters. The zero-order valence-corrected chi connectivity index (χ0v) is 12.5. The summed E-state index contributed by atoms with van der Waals surface area (Å²) < 4.78 is 0. The average Bonchev–Trinajstić information content (AvgIpc) is 2.95. The summed E-state index contributed by atoms with van der Waals surface area (Å²) in [5.74, 6) is 0.310. The van der Waals surface area contributed by atoms with Crippen LogP contribution in [-0.2, 0) is 16.1 Å². The maximum atomic E-state index is 12.8. The van der Waals surface area contributed by atoms with E-state index < -0.39 is 0 Å². The Hall–Kier alpha value is -1.91. The van der Waals surface area contributed by atoms with Crippen LogP contribution < -0.4 is 0 Å². The van der Waals surface area contributed by atoms with Gasteiger partial charge in [0.2, 0.25) is 11.8 Å². The normalized spacial score (nSPS) is 25.7. The smallest absolute Gasteiger partial charge is 0.246 e. The molecule has 3 rings (SSSR count). The van der Waals surface area contributed by atoms with Gasteiger partial charge in [0.05, 0.1) is 0 Å². The van der Waals surface area contributed by atoms with Crippen LogP contribution in [0.25, 0.3) is 0 Å². The Morgan fingerprint density at radius 1 is 1.33 bits per heavy atom. The third-order valence-corrected chi connectivity index (χ3v) is 4.40. The Balaban J connectivity index is 1.91. The van der Waals surface area contributed by atoms with Gasteiger partial charge in [0.15, 0.2) is 0 Å². The van der Waals surface area contributed by atoms with Gasteiger partial charge < -0.3 is 9.80 Å². The van der Waals surface area contributed by atoms with Crippen LogP contribution >= 0.6 is 0 Å². The molecule has 2 aliphatic heterocycles. The van der Waals surface area contributed by atoms with Crippen LogP contribution in [0.2, 0.25) is 0 Å². The summed E-state index contributed by atoms with van der Waals surface area (Å²) in [6.45, 7) is 5.19. The van der Waals surface area contributed by atoms with Gasteiger partial charge in [-0.3, -0.25) is 14.6 Å². The molecule has 0 spiro atoms. The van der Waals surface area contributed by atoms with Crippen LogP contribution in [-0.4, -0.2) is 45.2 Å². The van der Waals surface area contributed by atoms with Crippen LogP contribution in [0, 0.1) is 5.92 Å². The summed E-state index contributed by atoms with van der Waals surface area (Å²) in [4.78, 5) is 33.1. The fourth-order valence-corrected chi connectivity index (χ4v) is 3.43. The molecule has 2 atom stereocenters. The number of hydrogen-bond acceptors (Lipinski definition) is 3. The van der Waals surface area contributed by atoms with Gasteiger partial charge in [0.25, 0.3) is 0 Å². The van der Waals surface area contributed by atoms with E-state index in [-0.39, 0.29) is 29.8 Å². The topological polar surface area (TPSA) is 53.5 Å². The summed E-state index contributed by atoms with van der Waals surface area (Å²) in [5.41, 5.74) is 0.968. The minimum atomic E-state index is -0.355. The Morgan fingerprint density at radius 2 is 2.14 bits per heavy atom. The molecular formula is C16H21N3O2. The summed E-state index contributed by atoms with van der Waals surface area (Å²) in [6.07, 6.45) is 5.19. The highest BCUT2D eigenvalue weighted by Gasteiger charge is 2.48. The highest BCUT2D eigenvalue weighted by Crippen LogP contribution is 2.30. The number of rotatable bonds is 3. The largest absolute Gasteiger partial charge is 0.329 e. The molecule has 2 fully saturated rings. The molecule has 2 saturated heterocycles. The molecule has 112 valence electrons. The van der Waals surface area contributed by atoms with Crippen molar-refractivity contribution >= 4 is 11.8 Å². The number of nitrogens with zero attached hydrogens (tertiary/aromatic N) is 3. The molecule has 1 aromatic rings. The van der Waals surface area contributed by atoms with Crippen molar-refractivity contribution in [3.8, 4) is 0 Å². The fourth-order valence-electron chi connectivity index (χ4n) is 3.43. The molecule has 21 heavy (non-hydrogen) atoms. The Morgan fingerprint density at radius 3 is 2.81 bits per heavy atom. The van der Waals surface area contributed by atoms with E-state index >= 15 is 0 Å². The number of hydrogen-bond donors (Lipinski definition) is 0. The van der Waals surface area contributed by atoms with Crippen molar-refractivity contribution in [3.05, 3.63) is 30.1 Å². The fraction of sp³-hybridized carbons (Fsp3) is 0.562. The van der Waals surface area contributed by atoms with Gasteiger partial charge in [-0.15, -0.1) is 0 Å². The molecular weight excluding hydrogens is 266 g/mol. The summed E-state index contributed by atoms with van der Waals surface area (Å²) >= 11 is 0. The number of pyridine rings is 1. The minimum absolute atomic E-state index is 0.0923. The highest BCUT2D eigenvalue weighted by molar-refractivity contribution is 5.97. The third-order valence-electron chi connectivity index (χ3n) is 4.40. The number of amides is 2. The van der Waals surface area contributed by atoms with Crippen molar-refractivity contribution in [1.82, 2.24) is 14.8 Å². The predicted molar refractivity (Wildman–Crippen MR) is 78.1 cm³/mol. The molecule has 0 aromatic carbocycles. The van der Waals surface area contributed by atoms with Crippen molar-refractivity contribution in [2.45, 2.75) is 45.3 Å². The number of fused-ring (bicyclic) bond motifs is 1. The summed E-state index contributed by atoms with van der Waals surface area (Å²) in [5, 5.41) is 0. The van der Waals surface area contributed by atoms with Crippen LogP contribution in [0.15, 0.2) is 24.5 Å². The molecule has 3 heterocycles. The number of piperazine rings is 1. The lowest BCUT2D eigenvalue weighted by Gasteiger charge is -2.44. The second-order valence-corrected chi connectivity index (χ2v) is 6.21. The monoisotopic (exact) mass is 287 g/mol. The van der Waals surface area contributed by atoms with Crippen LogP contribution in [0.3, 0.4) is 0 Å². The van der Waals surface area contributed by atoms with E-state index in [1.54, 1.807) is 22.2 Å². The first-order chi connectivity index (χ1) is 10.1. The van der Waals surface area contributed by atoms with Crippen molar-refractivity contribution in [3.63, 3.8) is 0 Å². The second-order valence-electron chi connectivity index (χ2n) is 6.21. The first-order valence-corrected chi connectivity index (χ1v) is 7.59. The molecule has 0 saturated carbocycles. The van der Waals surface area contributed by atoms with E-state index in [1.165, 1.54) is 0 Å². The SMILES string of the molecule is CC(C)C1C(=O)N2CCCC2C(=O)N1Cc1cccnc1. The van der Waals surface area contributed by atoms with E-state index in [9.17, 15) is 9.59 Å². The summed E-state index contributed by atoms with van der Waals surface area (Å²) in [6, 6.07) is 3.21. The molecule has 1 aromatic heterocycles. The quantitative estimate of drug-likeness (QED) is 0.845.